The van der Waals surface area contributed by atoms with Crippen LogP contribution in [0.3, 0.4) is 0 Å². The molecule has 0 atom stereocenters. The lowest BCUT2D eigenvalue weighted by Gasteiger charge is -2.23. The van der Waals surface area contributed by atoms with Crippen LogP contribution in [0.4, 0.5) is 23.7 Å². The van der Waals surface area contributed by atoms with E-state index in [1.165, 1.54) is 7.11 Å². The van der Waals surface area contributed by atoms with Crippen molar-refractivity contribution in [3.05, 3.63) is 22.6 Å². The van der Waals surface area contributed by atoms with E-state index in [0.717, 1.165) is 44.2 Å². The van der Waals surface area contributed by atoms with Crippen LogP contribution in [-0.2, 0) is 6.54 Å². The number of nitrogens with one attached hydrogen (secondary N) is 2. The average Bonchev–Trinajstić information content (AvgIpc) is 2.54. The number of anilines is 1. The summed E-state index contributed by atoms with van der Waals surface area (Å²) in [5, 5.41) is 7.92. The zero-order chi connectivity index (χ0) is 19.2. The quantitative estimate of drug-likeness (QED) is 0.725. The third kappa shape index (κ3) is 5.78. The van der Waals surface area contributed by atoms with Gasteiger partial charge in [0.15, 0.2) is 0 Å². The molecule has 10 heteroatoms. The maximum Gasteiger partial charge on any atom is 0.573 e. The van der Waals surface area contributed by atoms with Crippen LogP contribution in [0.5, 0.6) is 11.5 Å². The second-order valence-corrected chi connectivity index (χ2v) is 5.93. The number of alkyl halides is 3. The minimum atomic E-state index is -4.91. The maximum atomic E-state index is 12.5. The number of amides is 2. The minimum absolute atomic E-state index is 0.0143. The lowest BCUT2D eigenvalue weighted by molar-refractivity contribution is -0.274. The van der Waals surface area contributed by atoms with Crippen molar-refractivity contribution in [1.82, 2.24) is 5.32 Å². The van der Waals surface area contributed by atoms with Gasteiger partial charge in [-0.15, -0.1) is 13.2 Å². The smallest absolute Gasteiger partial charge is 0.494 e. The molecular formula is C16H20F3N3O4. The Labute approximate surface area is 148 Å². The Morgan fingerprint density at radius 3 is 2.54 bits per heavy atom. The first-order chi connectivity index (χ1) is 12.3. The van der Waals surface area contributed by atoms with Crippen molar-refractivity contribution in [3.63, 3.8) is 0 Å². The van der Waals surface area contributed by atoms with E-state index in [4.69, 9.17) is 4.74 Å². The number of nitrogens with zero attached hydrogens (tertiary/aromatic N) is 1. The molecule has 2 amide bonds. The number of methoxy groups -OCH3 is 1. The average molecular weight is 375 g/mol. The normalized spacial score (nSPS) is 15.2. The first-order valence-corrected chi connectivity index (χ1v) is 8.15. The summed E-state index contributed by atoms with van der Waals surface area (Å²) >= 11 is 0. The molecule has 0 bridgehead atoms. The standard InChI is InChI=1S/C16H20F3N3O4/c1-25-14-10(9-20-24)7-12(26-16(17,18)19)8-13(14)22-15(23)21-11-5-3-2-4-6-11/h7-8,11H,2-6,9H2,1H3,(H2,21,22,23). The second kappa shape index (κ2) is 8.72. The van der Waals surface area contributed by atoms with E-state index in [2.05, 4.69) is 20.5 Å². The molecule has 0 saturated heterocycles. The van der Waals surface area contributed by atoms with E-state index in [-0.39, 0.29) is 23.0 Å². The number of hydrogen-bond acceptors (Lipinski definition) is 5. The summed E-state index contributed by atoms with van der Waals surface area (Å²) in [6, 6.07) is 1.43. The molecule has 2 rings (SSSR count). The third-order valence-electron chi connectivity index (χ3n) is 4.00. The largest absolute Gasteiger partial charge is 0.573 e. The second-order valence-electron chi connectivity index (χ2n) is 5.93. The van der Waals surface area contributed by atoms with Gasteiger partial charge in [-0.2, -0.15) is 4.91 Å². The Bertz CT molecular complexity index is 646. The van der Waals surface area contributed by atoms with Gasteiger partial charge < -0.3 is 20.1 Å². The van der Waals surface area contributed by atoms with E-state index in [1.807, 2.05) is 0 Å². The summed E-state index contributed by atoms with van der Waals surface area (Å²) in [5.74, 6) is -0.525. The molecule has 2 N–H and O–H groups in total. The van der Waals surface area contributed by atoms with Crippen molar-refractivity contribution >= 4 is 11.7 Å². The molecule has 0 unspecified atom stereocenters. The monoisotopic (exact) mass is 375 g/mol. The van der Waals surface area contributed by atoms with Gasteiger partial charge in [0, 0.05) is 17.7 Å². The Morgan fingerprint density at radius 2 is 1.96 bits per heavy atom. The molecule has 1 saturated carbocycles. The van der Waals surface area contributed by atoms with Crippen molar-refractivity contribution in [2.75, 3.05) is 12.4 Å². The number of rotatable bonds is 6. The zero-order valence-electron chi connectivity index (χ0n) is 14.2. The summed E-state index contributed by atoms with van der Waals surface area (Å²) in [6.07, 6.45) is -0.0740. The molecule has 0 aliphatic heterocycles. The van der Waals surface area contributed by atoms with Gasteiger partial charge in [-0.25, -0.2) is 4.79 Å². The lowest BCUT2D eigenvalue weighted by atomic mass is 9.96. The van der Waals surface area contributed by atoms with Crippen LogP contribution < -0.4 is 20.1 Å². The van der Waals surface area contributed by atoms with Gasteiger partial charge in [0.05, 0.1) is 12.8 Å². The summed E-state index contributed by atoms with van der Waals surface area (Å²) in [7, 11) is 1.28. The van der Waals surface area contributed by atoms with E-state index in [1.54, 1.807) is 0 Å². The van der Waals surface area contributed by atoms with Crippen LogP contribution in [0.2, 0.25) is 0 Å². The van der Waals surface area contributed by atoms with Gasteiger partial charge in [-0.3, -0.25) is 0 Å². The number of halogens is 3. The van der Waals surface area contributed by atoms with E-state index in [9.17, 15) is 22.9 Å². The summed E-state index contributed by atoms with van der Waals surface area (Å²) < 4.78 is 46.5. The van der Waals surface area contributed by atoms with Crippen LogP contribution in [0, 0.1) is 4.91 Å². The van der Waals surface area contributed by atoms with E-state index >= 15 is 0 Å². The number of carbonyl (C=O) groups excluding carboxylic acids is 1. The number of hydrogen-bond donors (Lipinski definition) is 2. The fourth-order valence-electron chi connectivity index (χ4n) is 2.96. The third-order valence-corrected chi connectivity index (χ3v) is 4.00. The van der Waals surface area contributed by atoms with Crippen LogP contribution in [-0.4, -0.2) is 25.5 Å². The molecule has 26 heavy (non-hydrogen) atoms. The van der Waals surface area contributed by atoms with Gasteiger partial charge in [-0.1, -0.05) is 24.4 Å². The van der Waals surface area contributed by atoms with Gasteiger partial charge >= 0.3 is 12.4 Å². The van der Waals surface area contributed by atoms with E-state index in [0.29, 0.717) is 0 Å². The highest BCUT2D eigenvalue weighted by Crippen LogP contribution is 2.36. The summed E-state index contributed by atoms with van der Waals surface area (Å²) in [4.78, 5) is 22.8. The maximum absolute atomic E-state index is 12.5. The SMILES string of the molecule is COc1c(CN=O)cc(OC(F)(F)F)cc1NC(=O)NC1CCCCC1. The fourth-order valence-corrected chi connectivity index (χ4v) is 2.96. The number of nitroso groups, excluding NO2 is 1. The predicted octanol–water partition coefficient (Wildman–Crippen LogP) is 4.31. The molecule has 0 radical (unpaired) electrons. The number of urea groups is 1. The van der Waals surface area contributed by atoms with Crippen molar-refractivity contribution in [3.8, 4) is 11.5 Å². The molecule has 144 valence electrons. The van der Waals surface area contributed by atoms with Gasteiger partial charge in [0.25, 0.3) is 0 Å². The highest BCUT2D eigenvalue weighted by Gasteiger charge is 2.32. The Kier molecular flexibility index (Phi) is 6.64. The zero-order valence-corrected chi connectivity index (χ0v) is 14.2. The molecule has 1 aromatic rings. The van der Waals surface area contributed by atoms with Crippen molar-refractivity contribution < 1.29 is 27.4 Å². The molecule has 0 heterocycles. The molecule has 0 spiro atoms. The van der Waals surface area contributed by atoms with Gasteiger partial charge in [0.2, 0.25) is 0 Å². The van der Waals surface area contributed by atoms with Crippen LogP contribution >= 0.6 is 0 Å². The minimum Gasteiger partial charge on any atom is -0.494 e. The Hall–Kier alpha value is -2.52. The number of carbonyl (C=O) groups is 1. The molecule has 1 aliphatic rings. The first-order valence-electron chi connectivity index (χ1n) is 8.15. The summed E-state index contributed by atoms with van der Waals surface area (Å²) in [5.41, 5.74) is 0.0263. The highest BCUT2D eigenvalue weighted by atomic mass is 19.4. The van der Waals surface area contributed by atoms with Crippen molar-refractivity contribution in [2.24, 2.45) is 5.18 Å². The topological polar surface area (TPSA) is 89.0 Å². The van der Waals surface area contributed by atoms with Crippen LogP contribution in [0.1, 0.15) is 37.7 Å². The first kappa shape index (κ1) is 19.8. The van der Waals surface area contributed by atoms with Crippen molar-refractivity contribution in [1.29, 1.82) is 0 Å². The number of ether oxygens (including phenoxy) is 2. The molecule has 1 aromatic carbocycles. The molecule has 1 fully saturated rings. The lowest BCUT2D eigenvalue weighted by Crippen LogP contribution is -2.39. The summed E-state index contributed by atoms with van der Waals surface area (Å²) in [6.45, 7) is -0.433. The molecule has 7 nitrogen and oxygen atoms in total. The molecule has 0 aromatic heterocycles. The highest BCUT2D eigenvalue weighted by molar-refractivity contribution is 5.91. The van der Waals surface area contributed by atoms with Crippen LogP contribution in [0.15, 0.2) is 17.3 Å². The number of benzene rings is 1. The predicted molar refractivity (Wildman–Crippen MR) is 88.2 cm³/mol. The van der Waals surface area contributed by atoms with Gasteiger partial charge in [0.1, 0.15) is 18.0 Å². The Morgan fingerprint density at radius 1 is 1.27 bits per heavy atom. The Balaban J connectivity index is 2.22. The molecular weight excluding hydrogens is 355 g/mol. The van der Waals surface area contributed by atoms with Crippen LogP contribution in [0.25, 0.3) is 0 Å². The fraction of sp³-hybridized carbons (Fsp3) is 0.562. The van der Waals surface area contributed by atoms with E-state index < -0.39 is 24.7 Å². The molecule has 1 aliphatic carbocycles. The van der Waals surface area contributed by atoms with Crippen molar-refractivity contribution in [2.45, 2.75) is 51.1 Å². The van der Waals surface area contributed by atoms with Gasteiger partial charge in [-0.05, 0) is 18.9 Å².